The molecule has 0 aliphatic heterocycles. The Balaban J connectivity index is 0. The smallest absolute Gasteiger partial charge is 0.754 e. The molecule has 8 nitrogen and oxygen atoms in total. The average Bonchev–Trinajstić information content (AvgIpc) is 2.59. The minimum atomic E-state index is -4.94. The third-order valence-corrected chi connectivity index (χ3v) is 6.79. The molecule has 0 saturated carbocycles. The van der Waals surface area contributed by atoms with Crippen LogP contribution in [0.25, 0.3) is 0 Å². The van der Waals surface area contributed by atoms with E-state index in [0.29, 0.717) is 12.8 Å². The summed E-state index contributed by atoms with van der Waals surface area (Å²) in [6, 6.07) is 0. The number of phosphoric ester groups is 1. The molecular weight excluding hydrogens is 485 g/mol. The molecule has 0 fully saturated rings. The van der Waals surface area contributed by atoms with Gasteiger partial charge < -0.3 is 4.89 Å². The minimum Gasteiger partial charge on any atom is -0.754 e. The second kappa shape index (κ2) is 20.0. The maximum atomic E-state index is 12.6. The molecule has 0 N–H and O–H groups in total. The quantitative estimate of drug-likeness (QED) is 0.0841. The van der Waals surface area contributed by atoms with Crippen LogP contribution >= 0.6 is 15.6 Å². The zero-order valence-electron chi connectivity index (χ0n) is 17.6. The molecule has 0 aromatic rings. The maximum absolute atomic E-state index is 12.6. The standard InChI is InChI=1S/C17H38O8P2.Zr/c1-4-6-8-10-12-14-16-22-27(20,25-26(18,19)24-21-3)23-17-15-13-11-9-7-5-2;/h4-17H2,1-3H3,(H,18,19);/q;+2/p-1. The van der Waals surface area contributed by atoms with Gasteiger partial charge in [0.05, 0.1) is 20.3 Å². The molecule has 28 heavy (non-hydrogen) atoms. The van der Waals surface area contributed by atoms with E-state index in [4.69, 9.17) is 9.05 Å². The third-order valence-electron chi connectivity index (χ3n) is 3.86. The van der Waals surface area contributed by atoms with Gasteiger partial charge in [-0.2, -0.15) is 4.67 Å². The van der Waals surface area contributed by atoms with Gasteiger partial charge in [0, 0.05) is 0 Å². The maximum Gasteiger partial charge on any atom is 2.00 e. The van der Waals surface area contributed by atoms with E-state index in [0.717, 1.165) is 58.5 Å². The predicted octanol–water partition coefficient (Wildman–Crippen LogP) is 5.91. The van der Waals surface area contributed by atoms with Gasteiger partial charge in [0.15, 0.2) is 0 Å². The van der Waals surface area contributed by atoms with Gasteiger partial charge in [-0.15, -0.1) is 0 Å². The van der Waals surface area contributed by atoms with Gasteiger partial charge in [0.1, 0.15) is 0 Å². The molecular formula is C17H37O8P2Zr+. The zero-order chi connectivity index (χ0) is 20.4. The summed E-state index contributed by atoms with van der Waals surface area (Å²) in [7, 11) is -8.21. The van der Waals surface area contributed by atoms with Crippen LogP contribution in [0.5, 0.6) is 0 Å². The van der Waals surface area contributed by atoms with Crippen molar-refractivity contribution < 1.29 is 63.1 Å². The van der Waals surface area contributed by atoms with Gasteiger partial charge in [0.25, 0.3) is 0 Å². The van der Waals surface area contributed by atoms with Gasteiger partial charge >= 0.3 is 41.8 Å². The summed E-state index contributed by atoms with van der Waals surface area (Å²) in [5.41, 5.74) is 0. The van der Waals surface area contributed by atoms with Gasteiger partial charge in [-0.25, -0.2) is 13.8 Å². The van der Waals surface area contributed by atoms with Crippen LogP contribution in [-0.4, -0.2) is 20.3 Å². The van der Waals surface area contributed by atoms with E-state index >= 15 is 0 Å². The van der Waals surface area contributed by atoms with Crippen molar-refractivity contribution in [3.8, 4) is 0 Å². The molecule has 0 amide bonds. The van der Waals surface area contributed by atoms with Crippen molar-refractivity contribution in [1.82, 2.24) is 0 Å². The Morgan fingerprint density at radius 2 is 1.11 bits per heavy atom. The van der Waals surface area contributed by atoms with E-state index in [1.54, 1.807) is 0 Å². The van der Waals surface area contributed by atoms with Gasteiger partial charge in [0.2, 0.25) is 0 Å². The van der Waals surface area contributed by atoms with E-state index in [2.05, 4.69) is 27.7 Å². The first-order valence-electron chi connectivity index (χ1n) is 10.0. The number of unbranched alkanes of at least 4 members (excludes halogenated alkanes) is 10. The first-order valence-corrected chi connectivity index (χ1v) is 12.9. The van der Waals surface area contributed by atoms with Crippen molar-refractivity contribution >= 4 is 15.6 Å². The van der Waals surface area contributed by atoms with Gasteiger partial charge in [-0.3, -0.25) is 13.6 Å². The molecule has 0 bridgehead atoms. The van der Waals surface area contributed by atoms with Crippen molar-refractivity contribution in [2.75, 3.05) is 20.3 Å². The Bertz CT molecular complexity index is 417. The van der Waals surface area contributed by atoms with E-state index in [1.807, 2.05) is 0 Å². The molecule has 0 radical (unpaired) electrons. The van der Waals surface area contributed by atoms with Crippen molar-refractivity contribution in [3.05, 3.63) is 0 Å². The van der Waals surface area contributed by atoms with E-state index in [-0.39, 0.29) is 39.4 Å². The molecule has 0 aromatic carbocycles. The molecule has 166 valence electrons. The minimum absolute atomic E-state index is 0. The Morgan fingerprint density at radius 3 is 1.50 bits per heavy atom. The van der Waals surface area contributed by atoms with Crippen molar-refractivity contribution in [3.63, 3.8) is 0 Å². The van der Waals surface area contributed by atoms with E-state index in [1.165, 1.54) is 12.8 Å². The SMILES string of the molecule is CCCCCCCCOP(=O)(OCCCCCCCC)OP(=O)([O-])OOC.[Zr+2]. The molecule has 0 aromatic heterocycles. The Kier molecular flexibility index (Phi) is 22.4. The van der Waals surface area contributed by atoms with Crippen LogP contribution < -0.4 is 4.89 Å². The second-order valence-electron chi connectivity index (χ2n) is 6.42. The molecule has 0 spiro atoms. The molecule has 1 unspecified atom stereocenters. The van der Waals surface area contributed by atoms with Crippen LogP contribution in [0.3, 0.4) is 0 Å². The zero-order valence-corrected chi connectivity index (χ0v) is 21.8. The van der Waals surface area contributed by atoms with Crippen LogP contribution in [0.4, 0.5) is 0 Å². The van der Waals surface area contributed by atoms with Crippen LogP contribution in [0.2, 0.25) is 0 Å². The second-order valence-corrected chi connectivity index (χ2v) is 9.53. The number of hydrogen-bond donors (Lipinski definition) is 0. The van der Waals surface area contributed by atoms with E-state index < -0.39 is 15.6 Å². The van der Waals surface area contributed by atoms with Crippen molar-refractivity contribution in [1.29, 1.82) is 0 Å². The molecule has 1 atom stereocenters. The normalized spacial score (nSPS) is 13.9. The number of hydrogen-bond acceptors (Lipinski definition) is 8. The first-order chi connectivity index (χ1) is 12.9. The Labute approximate surface area is 189 Å². The van der Waals surface area contributed by atoms with Crippen molar-refractivity contribution in [2.24, 2.45) is 0 Å². The summed E-state index contributed by atoms with van der Waals surface area (Å²) in [5.74, 6) is 0. The summed E-state index contributed by atoms with van der Waals surface area (Å²) in [6.07, 6.45) is 12.1. The fourth-order valence-electron chi connectivity index (χ4n) is 2.43. The summed E-state index contributed by atoms with van der Waals surface area (Å²) >= 11 is 0. The Morgan fingerprint density at radius 1 is 0.714 bits per heavy atom. The summed E-state index contributed by atoms with van der Waals surface area (Å²) in [4.78, 5) is 15.7. The number of rotatable bonds is 20. The average molecular weight is 523 g/mol. The molecule has 0 heterocycles. The van der Waals surface area contributed by atoms with Gasteiger partial charge in [-0.1, -0.05) is 78.1 Å². The number of phosphoric acid groups is 2. The van der Waals surface area contributed by atoms with Crippen LogP contribution in [0, 0.1) is 0 Å². The van der Waals surface area contributed by atoms with Gasteiger partial charge in [-0.05, 0) is 12.8 Å². The molecule has 0 rings (SSSR count). The molecule has 11 heteroatoms. The fourth-order valence-corrected chi connectivity index (χ4v) is 4.86. The van der Waals surface area contributed by atoms with Crippen LogP contribution in [0.1, 0.15) is 90.9 Å². The van der Waals surface area contributed by atoms with E-state index in [9.17, 15) is 14.0 Å². The predicted molar refractivity (Wildman–Crippen MR) is 103 cm³/mol. The molecule has 0 saturated heterocycles. The topological polar surface area (TPSA) is 103 Å². The van der Waals surface area contributed by atoms with Crippen molar-refractivity contribution in [2.45, 2.75) is 90.9 Å². The molecule has 0 aliphatic carbocycles. The summed E-state index contributed by atoms with van der Waals surface area (Å²) < 4.78 is 43.1. The largest absolute Gasteiger partial charge is 2.00 e. The summed E-state index contributed by atoms with van der Waals surface area (Å²) in [5, 5.41) is 0. The van der Waals surface area contributed by atoms with Crippen LogP contribution in [-0.2, 0) is 58.3 Å². The first kappa shape index (κ1) is 31.3. The Hall–Kier alpha value is 1.10. The summed E-state index contributed by atoms with van der Waals surface area (Å²) in [6.45, 7) is 4.46. The monoisotopic (exact) mass is 521 g/mol. The molecule has 0 aliphatic rings. The van der Waals surface area contributed by atoms with Crippen LogP contribution in [0.15, 0.2) is 0 Å². The fraction of sp³-hybridized carbons (Fsp3) is 1.00. The third kappa shape index (κ3) is 19.1.